The van der Waals surface area contributed by atoms with Gasteiger partial charge in [-0.1, -0.05) is 12.1 Å². The van der Waals surface area contributed by atoms with Crippen molar-refractivity contribution in [2.24, 2.45) is 0 Å². The Kier molecular flexibility index (Phi) is 5.53. The second kappa shape index (κ2) is 8.39. The monoisotopic (exact) mass is 395 g/mol. The first-order chi connectivity index (χ1) is 13.7. The zero-order valence-electron chi connectivity index (χ0n) is 15.3. The SMILES string of the molecule is O=C(COc1ccc(CCNC(=O)c2ccc3ncsc3c2)cc1)NC1CC1. The minimum absolute atomic E-state index is 0.0377. The smallest absolute Gasteiger partial charge is 0.258 e. The van der Waals surface area contributed by atoms with Crippen LogP contribution in [0.1, 0.15) is 28.8 Å². The Hall–Kier alpha value is -2.93. The number of ether oxygens (including phenoxy) is 1. The van der Waals surface area contributed by atoms with E-state index in [-0.39, 0.29) is 18.4 Å². The largest absolute Gasteiger partial charge is 0.484 e. The first kappa shape index (κ1) is 18.4. The lowest BCUT2D eigenvalue weighted by Crippen LogP contribution is -2.30. The molecule has 2 N–H and O–H groups in total. The van der Waals surface area contributed by atoms with Crippen LogP contribution in [0.5, 0.6) is 5.75 Å². The zero-order chi connectivity index (χ0) is 19.3. The van der Waals surface area contributed by atoms with Crippen molar-refractivity contribution in [1.29, 1.82) is 0 Å². The fourth-order valence-electron chi connectivity index (χ4n) is 2.82. The standard InChI is InChI=1S/C21H21N3O3S/c25-20(24-16-4-5-16)12-27-17-6-1-14(2-7-17)9-10-22-21(26)15-3-8-18-19(11-15)28-13-23-18/h1-3,6-8,11,13,16H,4-5,9-10,12H2,(H,22,26)(H,24,25). The van der Waals surface area contributed by atoms with E-state index in [4.69, 9.17) is 4.74 Å². The van der Waals surface area contributed by atoms with Crippen molar-refractivity contribution in [3.05, 3.63) is 59.1 Å². The average molecular weight is 395 g/mol. The molecule has 0 aliphatic heterocycles. The second-order valence-electron chi connectivity index (χ2n) is 6.82. The van der Waals surface area contributed by atoms with Gasteiger partial charge in [-0.3, -0.25) is 9.59 Å². The second-order valence-corrected chi connectivity index (χ2v) is 7.70. The number of carbonyl (C=O) groups is 2. The maximum Gasteiger partial charge on any atom is 0.258 e. The summed E-state index contributed by atoms with van der Waals surface area (Å²) >= 11 is 1.52. The van der Waals surface area contributed by atoms with Crippen LogP contribution in [0.3, 0.4) is 0 Å². The fourth-order valence-corrected chi connectivity index (χ4v) is 3.53. The topological polar surface area (TPSA) is 80.3 Å². The number of nitrogens with one attached hydrogen (secondary N) is 2. The summed E-state index contributed by atoms with van der Waals surface area (Å²) in [6.07, 6.45) is 2.85. The maximum absolute atomic E-state index is 12.3. The molecule has 1 aliphatic rings. The number of rotatable bonds is 8. The van der Waals surface area contributed by atoms with Crippen molar-refractivity contribution in [1.82, 2.24) is 15.6 Å². The third-order valence-corrected chi connectivity index (χ3v) is 5.32. The summed E-state index contributed by atoms with van der Waals surface area (Å²) in [4.78, 5) is 28.2. The number of thiazole rings is 1. The van der Waals surface area contributed by atoms with Crippen LogP contribution in [-0.2, 0) is 11.2 Å². The molecule has 1 fully saturated rings. The fraction of sp³-hybridized carbons (Fsp3) is 0.286. The Balaban J connectivity index is 1.22. The Morgan fingerprint density at radius 3 is 2.75 bits per heavy atom. The van der Waals surface area contributed by atoms with Gasteiger partial charge in [-0.05, 0) is 55.2 Å². The average Bonchev–Trinajstić information content (AvgIpc) is 3.39. The van der Waals surface area contributed by atoms with E-state index in [1.165, 1.54) is 11.3 Å². The third kappa shape index (κ3) is 4.86. The highest BCUT2D eigenvalue weighted by molar-refractivity contribution is 7.16. The van der Waals surface area contributed by atoms with Crippen molar-refractivity contribution in [2.75, 3.05) is 13.2 Å². The molecular formula is C21H21N3O3S. The summed E-state index contributed by atoms with van der Waals surface area (Å²) in [5, 5.41) is 5.83. The highest BCUT2D eigenvalue weighted by atomic mass is 32.1. The van der Waals surface area contributed by atoms with E-state index in [2.05, 4.69) is 15.6 Å². The van der Waals surface area contributed by atoms with Gasteiger partial charge in [-0.15, -0.1) is 11.3 Å². The van der Waals surface area contributed by atoms with E-state index in [9.17, 15) is 9.59 Å². The van der Waals surface area contributed by atoms with Crippen LogP contribution in [0.4, 0.5) is 0 Å². The van der Waals surface area contributed by atoms with Crippen LogP contribution in [0.2, 0.25) is 0 Å². The van der Waals surface area contributed by atoms with E-state index in [1.54, 1.807) is 11.6 Å². The third-order valence-electron chi connectivity index (χ3n) is 4.53. The molecule has 2 aromatic carbocycles. The molecule has 0 unspecified atom stereocenters. The summed E-state index contributed by atoms with van der Waals surface area (Å²) in [6, 6.07) is 13.5. The van der Waals surface area contributed by atoms with Gasteiger partial charge in [0.15, 0.2) is 6.61 Å². The quantitative estimate of drug-likeness (QED) is 0.615. The maximum atomic E-state index is 12.3. The van der Waals surface area contributed by atoms with E-state index in [0.717, 1.165) is 35.0 Å². The number of benzene rings is 2. The molecule has 1 saturated carbocycles. The molecule has 0 atom stereocenters. The van der Waals surface area contributed by atoms with Crippen molar-refractivity contribution in [2.45, 2.75) is 25.3 Å². The molecule has 1 aliphatic carbocycles. The normalized spacial score (nSPS) is 13.3. The Labute approximate surface area is 166 Å². The molecular weight excluding hydrogens is 374 g/mol. The van der Waals surface area contributed by atoms with E-state index in [1.807, 2.05) is 36.4 Å². The van der Waals surface area contributed by atoms with Crippen molar-refractivity contribution in [3.8, 4) is 5.75 Å². The summed E-state index contributed by atoms with van der Waals surface area (Å²) in [6.45, 7) is 0.583. The molecule has 7 heteroatoms. The molecule has 4 rings (SSSR count). The van der Waals surface area contributed by atoms with Gasteiger partial charge in [0.05, 0.1) is 15.7 Å². The van der Waals surface area contributed by atoms with E-state index in [0.29, 0.717) is 23.9 Å². The minimum Gasteiger partial charge on any atom is -0.484 e. The van der Waals surface area contributed by atoms with Crippen LogP contribution >= 0.6 is 11.3 Å². The Morgan fingerprint density at radius 2 is 1.96 bits per heavy atom. The van der Waals surface area contributed by atoms with Crippen molar-refractivity contribution >= 4 is 33.4 Å². The highest BCUT2D eigenvalue weighted by Crippen LogP contribution is 2.19. The van der Waals surface area contributed by atoms with Crippen LogP contribution < -0.4 is 15.4 Å². The Morgan fingerprint density at radius 1 is 1.14 bits per heavy atom. The molecule has 0 spiro atoms. The highest BCUT2D eigenvalue weighted by Gasteiger charge is 2.23. The summed E-state index contributed by atoms with van der Waals surface area (Å²) < 4.78 is 6.50. The van der Waals surface area contributed by atoms with Gasteiger partial charge in [-0.2, -0.15) is 0 Å². The Bertz CT molecular complexity index is 980. The van der Waals surface area contributed by atoms with Crippen LogP contribution in [-0.4, -0.2) is 36.0 Å². The number of hydrogen-bond acceptors (Lipinski definition) is 5. The first-order valence-electron chi connectivity index (χ1n) is 9.30. The van der Waals surface area contributed by atoms with Gasteiger partial charge in [0.1, 0.15) is 5.75 Å². The predicted molar refractivity (Wildman–Crippen MR) is 109 cm³/mol. The molecule has 0 radical (unpaired) electrons. The van der Waals surface area contributed by atoms with Gasteiger partial charge >= 0.3 is 0 Å². The van der Waals surface area contributed by atoms with Gasteiger partial charge in [-0.25, -0.2) is 4.98 Å². The number of fused-ring (bicyclic) bond motifs is 1. The molecule has 0 saturated heterocycles. The first-order valence-corrected chi connectivity index (χ1v) is 10.2. The van der Waals surface area contributed by atoms with Gasteiger partial charge in [0.25, 0.3) is 11.8 Å². The molecule has 28 heavy (non-hydrogen) atoms. The van der Waals surface area contributed by atoms with Crippen LogP contribution in [0.25, 0.3) is 10.2 Å². The number of amides is 2. The van der Waals surface area contributed by atoms with Gasteiger partial charge in [0.2, 0.25) is 0 Å². The lowest BCUT2D eigenvalue weighted by atomic mass is 10.1. The number of carbonyl (C=O) groups excluding carboxylic acids is 2. The summed E-state index contributed by atoms with van der Waals surface area (Å²) in [7, 11) is 0. The van der Waals surface area contributed by atoms with Crippen LogP contribution in [0, 0.1) is 0 Å². The van der Waals surface area contributed by atoms with E-state index >= 15 is 0 Å². The summed E-state index contributed by atoms with van der Waals surface area (Å²) in [5.41, 5.74) is 4.42. The van der Waals surface area contributed by atoms with Gasteiger partial charge < -0.3 is 15.4 Å². The zero-order valence-corrected chi connectivity index (χ0v) is 16.1. The number of hydrogen-bond donors (Lipinski definition) is 2. The molecule has 1 heterocycles. The van der Waals surface area contributed by atoms with Crippen molar-refractivity contribution in [3.63, 3.8) is 0 Å². The molecule has 2 amide bonds. The summed E-state index contributed by atoms with van der Waals surface area (Å²) in [5.74, 6) is 0.499. The van der Waals surface area contributed by atoms with Gasteiger partial charge in [0, 0.05) is 18.2 Å². The number of nitrogens with zero attached hydrogens (tertiary/aromatic N) is 1. The predicted octanol–water partition coefficient (Wildman–Crippen LogP) is 2.93. The lowest BCUT2D eigenvalue weighted by Gasteiger charge is -2.08. The molecule has 1 aromatic heterocycles. The minimum atomic E-state index is -0.0862. The van der Waals surface area contributed by atoms with Crippen molar-refractivity contribution < 1.29 is 14.3 Å². The van der Waals surface area contributed by atoms with E-state index < -0.39 is 0 Å². The van der Waals surface area contributed by atoms with Crippen LogP contribution in [0.15, 0.2) is 48.0 Å². The molecule has 6 nitrogen and oxygen atoms in total. The number of aromatic nitrogens is 1. The lowest BCUT2D eigenvalue weighted by molar-refractivity contribution is -0.123. The molecule has 0 bridgehead atoms. The molecule has 3 aromatic rings. The molecule has 144 valence electrons.